The van der Waals surface area contributed by atoms with Gasteiger partial charge in [0.05, 0.1) is 9.13 Å². The first kappa shape index (κ1) is 17.1. The van der Waals surface area contributed by atoms with Crippen LogP contribution in [0.25, 0.3) is 0 Å². The van der Waals surface area contributed by atoms with Crippen molar-refractivity contribution in [1.82, 2.24) is 4.98 Å². The lowest BCUT2D eigenvalue weighted by molar-refractivity contribution is 0.102. The number of carbonyl (C=O) groups is 1. The first-order chi connectivity index (χ1) is 11.6. The number of nitrogens with zero attached hydrogens (tertiary/aromatic N) is 2. The molecular weight excluding hydrogens is 427 g/mol. The zero-order valence-electron chi connectivity index (χ0n) is 12.9. The minimum Gasteiger partial charge on any atom is -0.356 e. The molecule has 0 bridgehead atoms. The van der Waals surface area contributed by atoms with Gasteiger partial charge < -0.3 is 10.2 Å². The van der Waals surface area contributed by atoms with Crippen LogP contribution in [0.1, 0.15) is 29.6 Å². The Hall–Kier alpha value is -1.77. The second-order valence-corrected chi connectivity index (χ2v) is 6.71. The molecule has 0 radical (unpaired) electrons. The van der Waals surface area contributed by atoms with Crippen LogP contribution in [0.5, 0.6) is 0 Å². The van der Waals surface area contributed by atoms with Gasteiger partial charge >= 0.3 is 0 Å². The Morgan fingerprint density at radius 3 is 2.50 bits per heavy atom. The lowest BCUT2D eigenvalue weighted by Crippen LogP contribution is -2.32. The molecular formula is C17H16F2IN3O. The number of rotatable bonds is 3. The third-order valence-corrected chi connectivity index (χ3v) is 4.96. The number of piperidine rings is 1. The van der Waals surface area contributed by atoms with Crippen LogP contribution in [0.4, 0.5) is 20.3 Å². The molecule has 1 saturated heterocycles. The summed E-state index contributed by atoms with van der Waals surface area (Å²) in [6, 6.07) is 5.57. The molecule has 1 fully saturated rings. The van der Waals surface area contributed by atoms with Crippen LogP contribution in [0, 0.1) is 15.2 Å². The summed E-state index contributed by atoms with van der Waals surface area (Å²) in [4.78, 5) is 19.0. The maximum absolute atomic E-state index is 13.6. The highest BCUT2D eigenvalue weighted by molar-refractivity contribution is 14.1. The van der Waals surface area contributed by atoms with E-state index in [2.05, 4.69) is 15.2 Å². The van der Waals surface area contributed by atoms with Crippen LogP contribution in [0.3, 0.4) is 0 Å². The summed E-state index contributed by atoms with van der Waals surface area (Å²) < 4.78 is 27.2. The molecule has 0 aliphatic carbocycles. The first-order valence-corrected chi connectivity index (χ1v) is 8.80. The van der Waals surface area contributed by atoms with Gasteiger partial charge in [-0.05, 0) is 66.1 Å². The monoisotopic (exact) mass is 443 g/mol. The zero-order chi connectivity index (χ0) is 17.1. The first-order valence-electron chi connectivity index (χ1n) is 7.72. The number of pyridine rings is 1. The molecule has 4 nitrogen and oxygen atoms in total. The number of carbonyl (C=O) groups excluding carboxylic acids is 1. The topological polar surface area (TPSA) is 45.2 Å². The van der Waals surface area contributed by atoms with Gasteiger partial charge in [-0.2, -0.15) is 0 Å². The Kier molecular flexibility index (Phi) is 5.27. The van der Waals surface area contributed by atoms with Crippen molar-refractivity contribution in [1.29, 1.82) is 0 Å². The molecule has 1 N–H and O–H groups in total. The Balaban J connectivity index is 1.85. The molecule has 3 rings (SSSR count). The Bertz CT molecular complexity index is 740. The smallest absolute Gasteiger partial charge is 0.259 e. The summed E-state index contributed by atoms with van der Waals surface area (Å²) in [5.74, 6) is -1.22. The van der Waals surface area contributed by atoms with Crippen LogP contribution >= 0.6 is 22.6 Å². The minimum absolute atomic E-state index is 0.0869. The second-order valence-electron chi connectivity index (χ2n) is 5.63. The predicted octanol–water partition coefficient (Wildman–Crippen LogP) is 4.21. The van der Waals surface area contributed by atoms with Crippen molar-refractivity contribution in [3.05, 3.63) is 51.2 Å². The van der Waals surface area contributed by atoms with Crippen LogP contribution in [0.2, 0.25) is 0 Å². The normalized spacial score (nSPS) is 14.5. The van der Waals surface area contributed by atoms with Crippen LogP contribution < -0.4 is 10.2 Å². The van der Waals surface area contributed by atoms with E-state index in [-0.39, 0.29) is 9.26 Å². The highest BCUT2D eigenvalue weighted by atomic mass is 127. The van der Waals surface area contributed by atoms with Crippen molar-refractivity contribution in [2.75, 3.05) is 23.3 Å². The Labute approximate surface area is 152 Å². The Morgan fingerprint density at radius 2 is 1.83 bits per heavy atom. The number of hydrogen-bond acceptors (Lipinski definition) is 3. The van der Waals surface area contributed by atoms with Gasteiger partial charge in [0.2, 0.25) is 0 Å². The number of halogens is 3. The van der Waals surface area contributed by atoms with Gasteiger partial charge in [0.1, 0.15) is 17.5 Å². The second kappa shape index (κ2) is 7.42. The summed E-state index contributed by atoms with van der Waals surface area (Å²) in [5.41, 5.74) is 0.489. The maximum Gasteiger partial charge on any atom is 0.259 e. The van der Waals surface area contributed by atoms with Gasteiger partial charge in [-0.1, -0.05) is 0 Å². The number of aromatic nitrogens is 1. The largest absolute Gasteiger partial charge is 0.356 e. The molecule has 1 aliphatic rings. The molecule has 2 heterocycles. The average Bonchev–Trinajstić information content (AvgIpc) is 2.60. The van der Waals surface area contributed by atoms with Gasteiger partial charge in [0, 0.05) is 25.0 Å². The van der Waals surface area contributed by atoms with Gasteiger partial charge in [0.15, 0.2) is 0 Å². The van der Waals surface area contributed by atoms with Crippen molar-refractivity contribution in [3.63, 3.8) is 0 Å². The number of hydrogen-bond donors (Lipinski definition) is 1. The third-order valence-electron chi connectivity index (χ3n) is 3.93. The van der Waals surface area contributed by atoms with E-state index in [9.17, 15) is 13.6 Å². The van der Waals surface area contributed by atoms with E-state index in [1.165, 1.54) is 6.42 Å². The molecule has 126 valence electrons. The highest BCUT2D eigenvalue weighted by Crippen LogP contribution is 2.24. The van der Waals surface area contributed by atoms with E-state index in [0.29, 0.717) is 11.4 Å². The van der Waals surface area contributed by atoms with Gasteiger partial charge in [0.25, 0.3) is 5.91 Å². The predicted molar refractivity (Wildman–Crippen MR) is 97.3 cm³/mol. The summed E-state index contributed by atoms with van der Waals surface area (Å²) in [6.07, 6.45) is 4.94. The lowest BCUT2D eigenvalue weighted by atomic mass is 10.1. The molecule has 0 atom stereocenters. The molecule has 2 aromatic rings. The van der Waals surface area contributed by atoms with E-state index in [0.717, 1.165) is 38.1 Å². The molecule has 1 aliphatic heterocycles. The lowest BCUT2D eigenvalue weighted by Gasteiger charge is -2.29. The fourth-order valence-corrected chi connectivity index (χ4v) is 3.07. The van der Waals surface area contributed by atoms with E-state index < -0.39 is 17.5 Å². The molecule has 1 amide bonds. The molecule has 1 aromatic carbocycles. The van der Waals surface area contributed by atoms with Crippen molar-refractivity contribution < 1.29 is 13.6 Å². The fraction of sp³-hybridized carbons (Fsp3) is 0.294. The standard InChI is InChI=1S/C17H16F2IN3O/c18-13-9-11(10-14(19)15(13)20)22-17(24)12-5-4-6-21-16(12)23-7-2-1-3-8-23/h4-6,9-10H,1-3,7-8H2,(H,22,24). The average molecular weight is 443 g/mol. The molecule has 0 spiro atoms. The summed E-state index contributed by atoms with van der Waals surface area (Å²) in [7, 11) is 0. The summed E-state index contributed by atoms with van der Waals surface area (Å²) in [5, 5.41) is 2.56. The van der Waals surface area contributed by atoms with Crippen LogP contribution in [0.15, 0.2) is 30.5 Å². The van der Waals surface area contributed by atoms with Gasteiger partial charge in [-0.15, -0.1) is 0 Å². The van der Waals surface area contributed by atoms with Crippen molar-refractivity contribution in [2.45, 2.75) is 19.3 Å². The van der Waals surface area contributed by atoms with Gasteiger partial charge in [-0.25, -0.2) is 13.8 Å². The van der Waals surface area contributed by atoms with Crippen molar-refractivity contribution >= 4 is 40.0 Å². The van der Waals surface area contributed by atoms with E-state index in [1.54, 1.807) is 40.9 Å². The third kappa shape index (κ3) is 3.66. The van der Waals surface area contributed by atoms with E-state index in [1.807, 2.05) is 0 Å². The molecule has 1 aromatic heterocycles. The molecule has 7 heteroatoms. The maximum atomic E-state index is 13.6. The minimum atomic E-state index is -0.701. The number of anilines is 2. The fourth-order valence-electron chi connectivity index (χ4n) is 2.76. The molecule has 0 saturated carbocycles. The highest BCUT2D eigenvalue weighted by Gasteiger charge is 2.20. The number of amides is 1. The van der Waals surface area contributed by atoms with Crippen LogP contribution in [-0.2, 0) is 0 Å². The number of benzene rings is 1. The van der Waals surface area contributed by atoms with E-state index in [4.69, 9.17) is 0 Å². The molecule has 24 heavy (non-hydrogen) atoms. The zero-order valence-corrected chi connectivity index (χ0v) is 15.0. The molecule has 0 unspecified atom stereocenters. The van der Waals surface area contributed by atoms with Gasteiger partial charge in [-0.3, -0.25) is 4.79 Å². The van der Waals surface area contributed by atoms with Crippen LogP contribution in [-0.4, -0.2) is 24.0 Å². The SMILES string of the molecule is O=C(Nc1cc(F)c(I)c(F)c1)c1cccnc1N1CCCCC1. The van der Waals surface area contributed by atoms with Crippen molar-refractivity contribution in [3.8, 4) is 0 Å². The van der Waals surface area contributed by atoms with E-state index >= 15 is 0 Å². The quantitative estimate of drug-likeness (QED) is 0.572. The summed E-state index contributed by atoms with van der Waals surface area (Å²) >= 11 is 1.59. The Morgan fingerprint density at radius 1 is 1.17 bits per heavy atom. The summed E-state index contributed by atoms with van der Waals surface area (Å²) in [6.45, 7) is 1.70. The van der Waals surface area contributed by atoms with Crippen molar-refractivity contribution in [2.24, 2.45) is 0 Å². The number of nitrogens with one attached hydrogen (secondary N) is 1.